The maximum atomic E-state index is 11.0. The Labute approximate surface area is 88.9 Å². The van der Waals surface area contributed by atoms with Gasteiger partial charge in [0.1, 0.15) is 6.04 Å². The van der Waals surface area contributed by atoms with Gasteiger partial charge in [-0.05, 0) is 43.7 Å². The Hall–Kier alpha value is -0.220. The molecule has 0 bridgehead atoms. The van der Waals surface area contributed by atoms with Gasteiger partial charge in [-0.15, -0.1) is 0 Å². The maximum Gasteiger partial charge on any atom is 0.320 e. The molecule has 0 spiro atoms. The van der Waals surface area contributed by atoms with Gasteiger partial charge in [0.05, 0.1) is 0 Å². The second-order valence-corrected chi connectivity index (χ2v) is 5.30. The number of hydrogen-bond donors (Lipinski definition) is 1. The summed E-state index contributed by atoms with van der Waals surface area (Å²) in [6.45, 7) is 0.992. The van der Waals surface area contributed by atoms with Gasteiger partial charge < -0.3 is 5.11 Å². The quantitative estimate of drug-likeness (QED) is 0.756. The molecule has 80 valence electrons. The summed E-state index contributed by atoms with van der Waals surface area (Å²) < 4.78 is 0. The summed E-state index contributed by atoms with van der Waals surface area (Å²) in [5.41, 5.74) is 0. The van der Waals surface area contributed by atoms with Crippen molar-refractivity contribution in [2.45, 2.75) is 37.8 Å². The summed E-state index contributed by atoms with van der Waals surface area (Å²) >= 11 is 1.99. The number of carboxylic acid groups (broad SMARTS) is 1. The summed E-state index contributed by atoms with van der Waals surface area (Å²) in [6, 6.07) is 0.350. The normalized spacial score (nSPS) is 30.7. The molecule has 2 fully saturated rings. The van der Waals surface area contributed by atoms with Gasteiger partial charge in [0.15, 0.2) is 0 Å². The molecule has 2 aliphatic heterocycles. The van der Waals surface area contributed by atoms with Crippen molar-refractivity contribution in [3.8, 4) is 0 Å². The van der Waals surface area contributed by atoms with Crippen molar-refractivity contribution in [1.29, 1.82) is 0 Å². The van der Waals surface area contributed by atoms with Crippen LogP contribution in [0.25, 0.3) is 0 Å². The molecule has 2 saturated heterocycles. The van der Waals surface area contributed by atoms with Crippen molar-refractivity contribution in [3.63, 3.8) is 0 Å². The topological polar surface area (TPSA) is 40.5 Å². The summed E-state index contributed by atoms with van der Waals surface area (Å²) in [5, 5.41) is 9.07. The lowest BCUT2D eigenvalue weighted by Gasteiger charge is -2.33. The van der Waals surface area contributed by atoms with Crippen LogP contribution in [-0.4, -0.2) is 46.1 Å². The van der Waals surface area contributed by atoms with Gasteiger partial charge in [0.2, 0.25) is 0 Å². The molecular weight excluding hydrogens is 198 g/mol. The van der Waals surface area contributed by atoms with Gasteiger partial charge in [-0.2, -0.15) is 11.8 Å². The van der Waals surface area contributed by atoms with E-state index in [9.17, 15) is 4.79 Å². The molecular formula is C10H17NO2S. The monoisotopic (exact) mass is 215 g/mol. The van der Waals surface area contributed by atoms with E-state index in [1.54, 1.807) is 0 Å². The smallest absolute Gasteiger partial charge is 0.320 e. The summed E-state index contributed by atoms with van der Waals surface area (Å²) in [4.78, 5) is 13.2. The SMILES string of the molecule is O=C(O)C1CCCN1C1CCSCC1. The molecule has 2 rings (SSSR count). The molecule has 4 heteroatoms. The maximum absolute atomic E-state index is 11.0. The first-order valence-electron chi connectivity index (χ1n) is 5.35. The van der Waals surface area contributed by atoms with Gasteiger partial charge in [-0.1, -0.05) is 0 Å². The summed E-state index contributed by atoms with van der Waals surface area (Å²) in [5.74, 6) is 1.78. The number of hydrogen-bond acceptors (Lipinski definition) is 3. The van der Waals surface area contributed by atoms with Crippen LogP contribution in [0.5, 0.6) is 0 Å². The van der Waals surface area contributed by atoms with E-state index in [1.165, 1.54) is 24.3 Å². The number of aliphatic carboxylic acids is 1. The van der Waals surface area contributed by atoms with E-state index in [0.29, 0.717) is 6.04 Å². The summed E-state index contributed by atoms with van der Waals surface area (Å²) in [7, 11) is 0. The van der Waals surface area contributed by atoms with Gasteiger partial charge in [-0.25, -0.2) is 0 Å². The van der Waals surface area contributed by atoms with Crippen molar-refractivity contribution >= 4 is 17.7 Å². The molecule has 0 aromatic rings. The minimum Gasteiger partial charge on any atom is -0.480 e. The number of nitrogens with zero attached hydrogens (tertiary/aromatic N) is 1. The predicted octanol–water partition coefficient (Wildman–Crippen LogP) is 1.43. The zero-order valence-electron chi connectivity index (χ0n) is 8.32. The fourth-order valence-electron chi connectivity index (χ4n) is 2.51. The highest BCUT2D eigenvalue weighted by molar-refractivity contribution is 7.99. The zero-order chi connectivity index (χ0) is 9.97. The third-order valence-corrected chi connectivity index (χ3v) is 4.29. The van der Waals surface area contributed by atoms with E-state index < -0.39 is 5.97 Å². The lowest BCUT2D eigenvalue weighted by Crippen LogP contribution is -2.44. The largest absolute Gasteiger partial charge is 0.480 e. The molecule has 0 saturated carbocycles. The van der Waals surface area contributed by atoms with Crippen LogP contribution in [0.1, 0.15) is 25.7 Å². The molecule has 0 amide bonds. The highest BCUT2D eigenvalue weighted by atomic mass is 32.2. The lowest BCUT2D eigenvalue weighted by molar-refractivity contribution is -0.143. The second-order valence-electron chi connectivity index (χ2n) is 4.08. The van der Waals surface area contributed by atoms with Crippen molar-refractivity contribution in [3.05, 3.63) is 0 Å². The van der Waals surface area contributed by atoms with Gasteiger partial charge in [0.25, 0.3) is 0 Å². The van der Waals surface area contributed by atoms with Crippen molar-refractivity contribution < 1.29 is 9.90 Å². The van der Waals surface area contributed by atoms with Crippen molar-refractivity contribution in [2.75, 3.05) is 18.1 Å². The molecule has 2 heterocycles. The van der Waals surface area contributed by atoms with Crippen LogP contribution in [0.4, 0.5) is 0 Å². The van der Waals surface area contributed by atoms with Crippen LogP contribution in [0.2, 0.25) is 0 Å². The predicted molar refractivity (Wildman–Crippen MR) is 57.7 cm³/mol. The van der Waals surface area contributed by atoms with Crippen LogP contribution < -0.4 is 0 Å². The highest BCUT2D eigenvalue weighted by Crippen LogP contribution is 2.28. The molecule has 0 aromatic heterocycles. The average molecular weight is 215 g/mol. The fraction of sp³-hybridized carbons (Fsp3) is 0.900. The number of carbonyl (C=O) groups is 1. The van der Waals surface area contributed by atoms with Crippen molar-refractivity contribution in [2.24, 2.45) is 0 Å². The van der Waals surface area contributed by atoms with E-state index in [-0.39, 0.29) is 6.04 Å². The standard InChI is InChI=1S/C10H17NO2S/c12-10(13)9-2-1-5-11(9)8-3-6-14-7-4-8/h8-9H,1-7H2,(H,12,13). The van der Waals surface area contributed by atoms with E-state index in [4.69, 9.17) is 5.11 Å². The highest BCUT2D eigenvalue weighted by Gasteiger charge is 2.35. The third-order valence-electron chi connectivity index (χ3n) is 3.24. The van der Waals surface area contributed by atoms with E-state index in [1.807, 2.05) is 11.8 Å². The van der Waals surface area contributed by atoms with Gasteiger partial charge in [-0.3, -0.25) is 9.69 Å². The molecule has 1 N–H and O–H groups in total. The molecule has 0 radical (unpaired) electrons. The Balaban J connectivity index is 1.97. The number of rotatable bonds is 2. The van der Waals surface area contributed by atoms with Crippen LogP contribution >= 0.6 is 11.8 Å². The first-order chi connectivity index (χ1) is 6.79. The van der Waals surface area contributed by atoms with Gasteiger partial charge in [0, 0.05) is 6.04 Å². The Kier molecular flexibility index (Phi) is 3.34. The van der Waals surface area contributed by atoms with Crippen LogP contribution in [-0.2, 0) is 4.79 Å². The first-order valence-corrected chi connectivity index (χ1v) is 6.51. The summed E-state index contributed by atoms with van der Waals surface area (Å²) in [6.07, 6.45) is 4.25. The molecule has 0 aromatic carbocycles. The Bertz CT molecular complexity index is 216. The fourth-order valence-corrected chi connectivity index (χ4v) is 3.59. The lowest BCUT2D eigenvalue weighted by atomic mass is 10.1. The number of carboxylic acids is 1. The van der Waals surface area contributed by atoms with Gasteiger partial charge >= 0.3 is 5.97 Å². The van der Waals surface area contributed by atoms with Crippen molar-refractivity contribution in [1.82, 2.24) is 4.90 Å². The molecule has 1 unspecified atom stereocenters. The van der Waals surface area contributed by atoms with Crippen LogP contribution in [0.3, 0.4) is 0 Å². The average Bonchev–Trinajstić information content (AvgIpc) is 2.67. The Morgan fingerprint density at radius 2 is 2.00 bits per heavy atom. The molecule has 2 aliphatic rings. The Morgan fingerprint density at radius 3 is 2.64 bits per heavy atom. The molecule has 3 nitrogen and oxygen atoms in total. The second kappa shape index (κ2) is 4.53. The number of thioether (sulfide) groups is 1. The minimum atomic E-state index is -0.624. The first kappa shape index (κ1) is 10.3. The molecule has 1 atom stereocenters. The Morgan fingerprint density at radius 1 is 1.29 bits per heavy atom. The van der Waals surface area contributed by atoms with Crippen LogP contribution in [0.15, 0.2) is 0 Å². The van der Waals surface area contributed by atoms with Crippen LogP contribution in [0, 0.1) is 0 Å². The number of likely N-dealkylation sites (tertiary alicyclic amines) is 1. The third kappa shape index (κ3) is 2.06. The molecule has 14 heavy (non-hydrogen) atoms. The zero-order valence-corrected chi connectivity index (χ0v) is 9.13. The molecule has 0 aliphatic carbocycles. The van der Waals surface area contributed by atoms with E-state index >= 15 is 0 Å². The van der Waals surface area contributed by atoms with E-state index in [2.05, 4.69) is 4.90 Å². The van der Waals surface area contributed by atoms with E-state index in [0.717, 1.165) is 19.4 Å². The minimum absolute atomic E-state index is 0.192.